The summed E-state index contributed by atoms with van der Waals surface area (Å²) in [6.07, 6.45) is 1.39. The molecule has 8 heteroatoms. The van der Waals surface area contributed by atoms with Crippen molar-refractivity contribution in [3.05, 3.63) is 46.4 Å². The number of carbonyl (C=O) groups excluding carboxylic acids is 2. The fourth-order valence-corrected chi connectivity index (χ4v) is 3.40. The van der Waals surface area contributed by atoms with E-state index in [-0.39, 0.29) is 11.8 Å². The average molecular weight is 422 g/mol. The number of nitrogens with zero attached hydrogens (tertiary/aromatic N) is 1. The zero-order chi connectivity index (χ0) is 20.3. The van der Waals surface area contributed by atoms with Crippen molar-refractivity contribution in [2.45, 2.75) is 25.8 Å². The van der Waals surface area contributed by atoms with Gasteiger partial charge in [-0.25, -0.2) is 0 Å². The lowest BCUT2D eigenvalue weighted by Gasteiger charge is -2.21. The minimum absolute atomic E-state index is 0.0881. The van der Waals surface area contributed by atoms with E-state index >= 15 is 0 Å². The Morgan fingerprint density at radius 2 is 2.04 bits per heavy atom. The van der Waals surface area contributed by atoms with Crippen LogP contribution in [0, 0.1) is 0 Å². The quantitative estimate of drug-likeness (QED) is 0.716. The van der Waals surface area contributed by atoms with Gasteiger partial charge in [-0.1, -0.05) is 29.3 Å². The van der Waals surface area contributed by atoms with Crippen LogP contribution in [0.4, 0.5) is 17.1 Å². The molecule has 2 aromatic carbocycles. The number of carbonyl (C=O) groups is 2. The van der Waals surface area contributed by atoms with Crippen LogP contribution in [0.1, 0.15) is 19.8 Å². The van der Waals surface area contributed by atoms with E-state index in [4.69, 9.17) is 27.9 Å². The summed E-state index contributed by atoms with van der Waals surface area (Å²) in [4.78, 5) is 26.2. The summed E-state index contributed by atoms with van der Waals surface area (Å²) >= 11 is 12.1. The molecule has 0 aliphatic carbocycles. The van der Waals surface area contributed by atoms with Gasteiger partial charge in [0.2, 0.25) is 11.8 Å². The summed E-state index contributed by atoms with van der Waals surface area (Å²) in [6.45, 7) is 2.42. The molecule has 2 aromatic rings. The minimum Gasteiger partial charge on any atom is -0.494 e. The van der Waals surface area contributed by atoms with Crippen LogP contribution >= 0.6 is 23.2 Å². The van der Waals surface area contributed by atoms with Crippen LogP contribution in [-0.4, -0.2) is 31.5 Å². The van der Waals surface area contributed by atoms with E-state index in [0.717, 1.165) is 12.1 Å². The lowest BCUT2D eigenvalue weighted by atomic mass is 10.2. The predicted molar refractivity (Wildman–Crippen MR) is 113 cm³/mol. The van der Waals surface area contributed by atoms with Crippen molar-refractivity contribution >= 4 is 52.1 Å². The van der Waals surface area contributed by atoms with Crippen molar-refractivity contribution < 1.29 is 14.3 Å². The molecule has 1 unspecified atom stereocenters. The molecular formula is C20H21Cl2N3O3. The highest BCUT2D eigenvalue weighted by molar-refractivity contribution is 6.44. The van der Waals surface area contributed by atoms with Crippen LogP contribution in [-0.2, 0) is 9.59 Å². The summed E-state index contributed by atoms with van der Waals surface area (Å²) in [5.41, 5.74) is 1.89. The second-order valence-electron chi connectivity index (χ2n) is 6.49. The fourth-order valence-electron chi connectivity index (χ4n) is 3.05. The predicted octanol–water partition coefficient (Wildman–Crippen LogP) is 4.57. The monoisotopic (exact) mass is 421 g/mol. The van der Waals surface area contributed by atoms with E-state index in [9.17, 15) is 9.59 Å². The normalized spacial score (nSPS) is 14.7. The Morgan fingerprint density at radius 3 is 2.71 bits per heavy atom. The van der Waals surface area contributed by atoms with Crippen LogP contribution in [0.25, 0.3) is 0 Å². The first-order valence-corrected chi connectivity index (χ1v) is 9.66. The van der Waals surface area contributed by atoms with E-state index < -0.39 is 6.04 Å². The molecule has 1 saturated heterocycles. The third-order valence-corrected chi connectivity index (χ3v) is 5.35. The zero-order valence-electron chi connectivity index (χ0n) is 15.6. The van der Waals surface area contributed by atoms with Gasteiger partial charge >= 0.3 is 0 Å². The van der Waals surface area contributed by atoms with E-state index in [1.54, 1.807) is 43.2 Å². The number of benzene rings is 2. The van der Waals surface area contributed by atoms with Crippen LogP contribution in [0.15, 0.2) is 36.4 Å². The van der Waals surface area contributed by atoms with Gasteiger partial charge in [0.1, 0.15) is 11.8 Å². The summed E-state index contributed by atoms with van der Waals surface area (Å²) in [5, 5.41) is 6.56. The first kappa shape index (κ1) is 20.3. The minimum atomic E-state index is -0.543. The Balaban J connectivity index is 1.71. The van der Waals surface area contributed by atoms with E-state index in [1.807, 2.05) is 12.1 Å². The number of hydrogen-bond acceptors (Lipinski definition) is 4. The van der Waals surface area contributed by atoms with Gasteiger partial charge in [0, 0.05) is 24.7 Å². The average Bonchev–Trinajstić information content (AvgIpc) is 3.11. The molecule has 1 aliphatic heterocycles. The largest absolute Gasteiger partial charge is 0.494 e. The molecule has 1 fully saturated rings. The Kier molecular flexibility index (Phi) is 6.31. The number of nitrogens with one attached hydrogen (secondary N) is 2. The van der Waals surface area contributed by atoms with Crippen molar-refractivity contribution in [3.8, 4) is 5.75 Å². The summed E-state index contributed by atoms with van der Waals surface area (Å²) in [7, 11) is 1.56. The fraction of sp³-hybridized carbons (Fsp3) is 0.300. The molecule has 1 aliphatic rings. The molecule has 2 N–H and O–H groups in total. The first-order valence-electron chi connectivity index (χ1n) is 8.90. The highest BCUT2D eigenvalue weighted by Crippen LogP contribution is 2.34. The number of ether oxygens (including phenoxy) is 1. The summed E-state index contributed by atoms with van der Waals surface area (Å²) < 4.78 is 5.45. The number of amides is 2. The van der Waals surface area contributed by atoms with E-state index in [1.165, 1.54) is 0 Å². The van der Waals surface area contributed by atoms with Crippen LogP contribution in [0.3, 0.4) is 0 Å². The van der Waals surface area contributed by atoms with Crippen LogP contribution in [0.5, 0.6) is 5.75 Å². The molecule has 148 valence electrons. The van der Waals surface area contributed by atoms with Gasteiger partial charge in [-0.05, 0) is 37.6 Å². The molecule has 28 heavy (non-hydrogen) atoms. The zero-order valence-corrected chi connectivity index (χ0v) is 17.1. The molecule has 2 amide bonds. The maximum absolute atomic E-state index is 12.5. The smallest absolute Gasteiger partial charge is 0.246 e. The third kappa shape index (κ3) is 4.34. The second-order valence-corrected chi connectivity index (χ2v) is 7.28. The number of halogens is 2. The topological polar surface area (TPSA) is 70.7 Å². The molecule has 6 nitrogen and oxygen atoms in total. The molecule has 0 saturated carbocycles. The molecule has 1 atom stereocenters. The molecule has 0 spiro atoms. The molecule has 0 bridgehead atoms. The lowest BCUT2D eigenvalue weighted by molar-refractivity contribution is -0.117. The number of anilines is 3. The van der Waals surface area contributed by atoms with Gasteiger partial charge in [-0.2, -0.15) is 0 Å². The third-order valence-electron chi connectivity index (χ3n) is 4.53. The van der Waals surface area contributed by atoms with Gasteiger partial charge < -0.3 is 20.3 Å². The molecule has 1 heterocycles. The SMILES string of the molecule is COc1cc(NC(C)C(=O)Nc2cccc(Cl)c2Cl)ccc1N1CCCC1=O. The highest BCUT2D eigenvalue weighted by Gasteiger charge is 2.25. The van der Waals surface area contributed by atoms with Gasteiger partial charge in [-0.3, -0.25) is 9.59 Å². The standard InChI is InChI=1S/C20H21Cl2N3O3/c1-12(20(27)24-15-6-3-5-14(21)19(15)22)23-13-8-9-16(17(11-13)28-2)25-10-4-7-18(25)26/h3,5-6,8-9,11-12,23H,4,7,10H2,1-2H3,(H,24,27). The Morgan fingerprint density at radius 1 is 1.25 bits per heavy atom. The molecule has 0 radical (unpaired) electrons. The maximum atomic E-state index is 12.5. The van der Waals surface area contributed by atoms with Crippen LogP contribution < -0.4 is 20.3 Å². The van der Waals surface area contributed by atoms with E-state index in [2.05, 4.69) is 10.6 Å². The van der Waals surface area contributed by atoms with E-state index in [0.29, 0.717) is 40.1 Å². The van der Waals surface area contributed by atoms with Gasteiger partial charge in [0.25, 0.3) is 0 Å². The maximum Gasteiger partial charge on any atom is 0.246 e. The van der Waals surface area contributed by atoms with Crippen molar-refractivity contribution in [1.82, 2.24) is 0 Å². The van der Waals surface area contributed by atoms with Crippen molar-refractivity contribution in [1.29, 1.82) is 0 Å². The van der Waals surface area contributed by atoms with Crippen molar-refractivity contribution in [2.24, 2.45) is 0 Å². The van der Waals surface area contributed by atoms with Gasteiger partial charge in [-0.15, -0.1) is 0 Å². The van der Waals surface area contributed by atoms with Crippen molar-refractivity contribution in [3.63, 3.8) is 0 Å². The summed E-state index contributed by atoms with van der Waals surface area (Å²) in [6, 6.07) is 9.92. The second kappa shape index (κ2) is 8.71. The van der Waals surface area contributed by atoms with Gasteiger partial charge in [0.15, 0.2) is 0 Å². The first-order chi connectivity index (χ1) is 13.4. The van der Waals surface area contributed by atoms with Crippen LogP contribution in [0.2, 0.25) is 10.0 Å². The molecular weight excluding hydrogens is 401 g/mol. The number of hydrogen-bond donors (Lipinski definition) is 2. The summed E-state index contributed by atoms with van der Waals surface area (Å²) in [5.74, 6) is 0.401. The Bertz CT molecular complexity index is 904. The number of rotatable bonds is 6. The van der Waals surface area contributed by atoms with Gasteiger partial charge in [0.05, 0.1) is 28.5 Å². The Labute approximate surface area is 173 Å². The lowest BCUT2D eigenvalue weighted by Crippen LogP contribution is -2.32. The molecule has 3 rings (SSSR count). The molecule has 0 aromatic heterocycles. The van der Waals surface area contributed by atoms with Crippen molar-refractivity contribution in [2.75, 3.05) is 29.2 Å². The Hall–Kier alpha value is -2.44. The highest BCUT2D eigenvalue weighted by atomic mass is 35.5. The number of methoxy groups -OCH3 is 1.